The first kappa shape index (κ1) is 10.5. The number of hydrogen-bond acceptors (Lipinski definition) is 1. The van der Waals surface area contributed by atoms with Crippen LogP contribution in [0.15, 0.2) is 35.0 Å². The van der Waals surface area contributed by atoms with Crippen molar-refractivity contribution in [1.29, 1.82) is 0 Å². The van der Waals surface area contributed by atoms with Gasteiger partial charge in [0.25, 0.3) is 0 Å². The minimum absolute atomic E-state index is 0.171. The summed E-state index contributed by atoms with van der Waals surface area (Å²) in [6.07, 6.45) is 4.97. The number of rotatable bonds is 3. The van der Waals surface area contributed by atoms with Gasteiger partial charge in [0.2, 0.25) is 0 Å². The molecule has 0 aliphatic heterocycles. The molecule has 62 valence electrons. The Balaban J connectivity index is 4.79. The first-order valence-electron chi connectivity index (χ1n) is 3.36. The highest BCUT2D eigenvalue weighted by molar-refractivity contribution is 8.02. The predicted octanol–water partition coefficient (Wildman–Crippen LogP) is 3.68. The molecule has 2 heteroatoms. The second kappa shape index (κ2) is 5.19. The van der Waals surface area contributed by atoms with Gasteiger partial charge in [0, 0.05) is 4.91 Å². The molecule has 0 radical (unpaired) electrons. The van der Waals surface area contributed by atoms with E-state index in [1.54, 1.807) is 13.0 Å². The molecule has 0 aromatic heterocycles. The third-order valence-corrected chi connectivity index (χ3v) is 2.26. The molecule has 0 saturated heterocycles. The van der Waals surface area contributed by atoms with Crippen molar-refractivity contribution in [3.63, 3.8) is 0 Å². The molecular formula is C9H13FS. The topological polar surface area (TPSA) is 0 Å². The lowest BCUT2D eigenvalue weighted by molar-refractivity contribution is 0.660. The average Bonchev–Trinajstić information content (AvgIpc) is 2.05. The molecule has 0 atom stereocenters. The standard InChI is InChI=1S/C9H13FS/c1-5-7(3)9(11-4)8(10)6-2/h5-6H,1H2,2-4H3/b8-6+,9-7-. The Kier molecular flexibility index (Phi) is 4.95. The van der Waals surface area contributed by atoms with Crippen LogP contribution in [0.25, 0.3) is 0 Å². The van der Waals surface area contributed by atoms with Gasteiger partial charge in [-0.05, 0) is 25.7 Å². The molecule has 11 heavy (non-hydrogen) atoms. The molecule has 0 aromatic rings. The highest BCUT2D eigenvalue weighted by atomic mass is 32.2. The number of thioether (sulfide) groups is 1. The van der Waals surface area contributed by atoms with E-state index in [1.807, 2.05) is 13.2 Å². The maximum atomic E-state index is 13.0. The molecule has 0 aromatic carbocycles. The summed E-state index contributed by atoms with van der Waals surface area (Å²) in [7, 11) is 0. The highest BCUT2D eigenvalue weighted by Gasteiger charge is 2.03. The van der Waals surface area contributed by atoms with Gasteiger partial charge in [-0.25, -0.2) is 4.39 Å². The largest absolute Gasteiger partial charge is 0.206 e. The highest BCUT2D eigenvalue weighted by Crippen LogP contribution is 2.26. The Morgan fingerprint density at radius 1 is 1.55 bits per heavy atom. The molecule has 0 rings (SSSR count). The third-order valence-electron chi connectivity index (χ3n) is 1.34. The smallest absolute Gasteiger partial charge is 0.132 e. The van der Waals surface area contributed by atoms with Gasteiger partial charge in [0.1, 0.15) is 5.83 Å². The summed E-state index contributed by atoms with van der Waals surface area (Å²) in [6.45, 7) is 7.11. The third kappa shape index (κ3) is 2.93. The van der Waals surface area contributed by atoms with Crippen LogP contribution in [0.4, 0.5) is 4.39 Å². The van der Waals surface area contributed by atoms with Gasteiger partial charge in [-0.1, -0.05) is 18.7 Å². The Morgan fingerprint density at radius 3 is 2.36 bits per heavy atom. The Hall–Kier alpha value is -0.500. The lowest BCUT2D eigenvalue weighted by atomic mass is 10.2. The average molecular weight is 172 g/mol. The van der Waals surface area contributed by atoms with Crippen LogP contribution < -0.4 is 0 Å². The van der Waals surface area contributed by atoms with Gasteiger partial charge in [-0.3, -0.25) is 0 Å². The summed E-state index contributed by atoms with van der Waals surface area (Å²) < 4.78 is 13.0. The first-order valence-corrected chi connectivity index (χ1v) is 4.59. The van der Waals surface area contributed by atoms with E-state index in [9.17, 15) is 4.39 Å². The van der Waals surface area contributed by atoms with Crippen LogP contribution in [0.1, 0.15) is 13.8 Å². The quantitative estimate of drug-likeness (QED) is 0.585. The summed E-state index contributed by atoms with van der Waals surface area (Å²) in [5.74, 6) is -0.171. The zero-order valence-electron chi connectivity index (χ0n) is 7.15. The van der Waals surface area contributed by atoms with E-state index in [4.69, 9.17) is 0 Å². The molecule has 0 aliphatic rings. The van der Waals surface area contributed by atoms with Crippen LogP contribution in [0, 0.1) is 0 Å². The molecule has 0 fully saturated rings. The molecule has 0 spiro atoms. The van der Waals surface area contributed by atoms with Crippen molar-refractivity contribution in [3.8, 4) is 0 Å². The molecular weight excluding hydrogens is 159 g/mol. The molecule has 0 amide bonds. The van der Waals surface area contributed by atoms with Crippen molar-refractivity contribution in [2.24, 2.45) is 0 Å². The Labute approximate surface area is 71.9 Å². The van der Waals surface area contributed by atoms with E-state index < -0.39 is 0 Å². The lowest BCUT2D eigenvalue weighted by Gasteiger charge is -2.02. The maximum absolute atomic E-state index is 13.0. The van der Waals surface area contributed by atoms with Crippen molar-refractivity contribution < 1.29 is 4.39 Å². The minimum atomic E-state index is -0.171. The van der Waals surface area contributed by atoms with E-state index >= 15 is 0 Å². The summed E-state index contributed by atoms with van der Waals surface area (Å²) in [5.41, 5.74) is 0.883. The zero-order chi connectivity index (χ0) is 8.85. The van der Waals surface area contributed by atoms with E-state index in [0.29, 0.717) is 4.91 Å². The second-order valence-corrected chi connectivity index (χ2v) is 2.87. The zero-order valence-corrected chi connectivity index (χ0v) is 7.96. The van der Waals surface area contributed by atoms with Gasteiger partial charge in [0.15, 0.2) is 0 Å². The van der Waals surface area contributed by atoms with Gasteiger partial charge < -0.3 is 0 Å². The summed E-state index contributed by atoms with van der Waals surface area (Å²) in [6, 6.07) is 0. The second-order valence-electron chi connectivity index (χ2n) is 2.06. The monoisotopic (exact) mass is 172 g/mol. The molecule has 0 unspecified atom stereocenters. The fraction of sp³-hybridized carbons (Fsp3) is 0.333. The Morgan fingerprint density at radius 2 is 2.09 bits per heavy atom. The van der Waals surface area contributed by atoms with Crippen LogP contribution in [-0.2, 0) is 0 Å². The van der Waals surface area contributed by atoms with Crippen LogP contribution in [-0.4, -0.2) is 6.26 Å². The molecule has 0 saturated carbocycles. The number of halogens is 1. The van der Waals surface area contributed by atoms with Crippen LogP contribution in [0.2, 0.25) is 0 Å². The molecule has 0 bridgehead atoms. The van der Waals surface area contributed by atoms with Crippen molar-refractivity contribution in [3.05, 3.63) is 35.0 Å². The normalized spacial score (nSPS) is 14.4. The first-order chi connectivity index (χ1) is 5.17. The molecule has 0 heterocycles. The van der Waals surface area contributed by atoms with Crippen molar-refractivity contribution >= 4 is 11.8 Å². The fourth-order valence-corrected chi connectivity index (χ4v) is 1.39. The van der Waals surface area contributed by atoms with E-state index in [2.05, 4.69) is 6.58 Å². The van der Waals surface area contributed by atoms with E-state index in [1.165, 1.54) is 17.8 Å². The molecule has 0 nitrogen and oxygen atoms in total. The van der Waals surface area contributed by atoms with Gasteiger partial charge in [0.05, 0.1) is 0 Å². The fourth-order valence-electron chi connectivity index (χ4n) is 0.671. The van der Waals surface area contributed by atoms with Gasteiger partial charge in [-0.2, -0.15) is 0 Å². The van der Waals surface area contributed by atoms with Crippen molar-refractivity contribution in [1.82, 2.24) is 0 Å². The SMILES string of the molecule is C=C/C(C)=C(SC)/C(F)=C\C. The Bertz CT molecular complexity index is 202. The minimum Gasteiger partial charge on any atom is -0.206 e. The summed E-state index contributed by atoms with van der Waals surface area (Å²) in [5, 5.41) is 0. The summed E-state index contributed by atoms with van der Waals surface area (Å²) in [4.78, 5) is 0.669. The van der Waals surface area contributed by atoms with E-state index in [0.717, 1.165) is 5.57 Å². The van der Waals surface area contributed by atoms with Crippen molar-refractivity contribution in [2.45, 2.75) is 13.8 Å². The maximum Gasteiger partial charge on any atom is 0.132 e. The summed E-state index contributed by atoms with van der Waals surface area (Å²) >= 11 is 1.40. The molecule has 0 aliphatic carbocycles. The molecule has 0 N–H and O–H groups in total. The van der Waals surface area contributed by atoms with Crippen molar-refractivity contribution in [2.75, 3.05) is 6.26 Å². The van der Waals surface area contributed by atoms with Gasteiger partial charge in [-0.15, -0.1) is 11.8 Å². The number of hydrogen-bond donors (Lipinski definition) is 0. The predicted molar refractivity (Wildman–Crippen MR) is 51.3 cm³/mol. The van der Waals surface area contributed by atoms with E-state index in [-0.39, 0.29) is 5.83 Å². The lowest BCUT2D eigenvalue weighted by Crippen LogP contribution is -1.81. The van der Waals surface area contributed by atoms with Crippen LogP contribution in [0.3, 0.4) is 0 Å². The van der Waals surface area contributed by atoms with Crippen LogP contribution >= 0.6 is 11.8 Å². The number of allylic oxidation sites excluding steroid dienone is 4. The van der Waals surface area contributed by atoms with Crippen LogP contribution in [0.5, 0.6) is 0 Å². The van der Waals surface area contributed by atoms with Gasteiger partial charge >= 0.3 is 0 Å².